The van der Waals surface area contributed by atoms with Gasteiger partial charge in [0.15, 0.2) is 0 Å². The lowest BCUT2D eigenvalue weighted by Gasteiger charge is -2.18. The monoisotopic (exact) mass is 328 g/mol. The van der Waals surface area contributed by atoms with Crippen LogP contribution in [0, 0.1) is 26.6 Å². The molecule has 126 valence electrons. The highest BCUT2D eigenvalue weighted by Gasteiger charge is 2.19. The maximum atomic E-state index is 13.5. The smallest absolute Gasteiger partial charge is 0.313 e. The van der Waals surface area contributed by atoms with Gasteiger partial charge in [-0.2, -0.15) is 0 Å². The van der Waals surface area contributed by atoms with E-state index < -0.39 is 17.6 Å². The Bertz CT molecular complexity index is 787. The van der Waals surface area contributed by atoms with Crippen molar-refractivity contribution in [1.29, 1.82) is 0 Å². The lowest BCUT2D eigenvalue weighted by Crippen LogP contribution is -2.37. The van der Waals surface area contributed by atoms with Gasteiger partial charge in [-0.15, -0.1) is 0 Å². The fourth-order valence-electron chi connectivity index (χ4n) is 2.53. The molecule has 0 fully saturated rings. The van der Waals surface area contributed by atoms with Crippen molar-refractivity contribution in [2.24, 2.45) is 0 Å². The molecule has 5 heteroatoms. The molecule has 2 N–H and O–H groups in total. The minimum Gasteiger partial charge on any atom is -0.341 e. The molecule has 0 saturated heterocycles. The number of rotatable bonds is 3. The zero-order valence-electron chi connectivity index (χ0n) is 14.2. The number of anilines is 1. The predicted octanol–water partition coefficient (Wildman–Crippen LogP) is 3.57. The molecule has 0 unspecified atom stereocenters. The molecule has 0 aliphatic carbocycles. The fraction of sp³-hybridized carbons (Fsp3) is 0.263. The topological polar surface area (TPSA) is 58.2 Å². The lowest BCUT2D eigenvalue weighted by atomic mass is 9.96. The van der Waals surface area contributed by atoms with E-state index in [1.54, 1.807) is 6.07 Å². The molecule has 2 amide bonds. The van der Waals surface area contributed by atoms with Gasteiger partial charge in [-0.1, -0.05) is 24.3 Å². The fourth-order valence-corrected chi connectivity index (χ4v) is 2.53. The van der Waals surface area contributed by atoms with Crippen molar-refractivity contribution in [3.63, 3.8) is 0 Å². The van der Waals surface area contributed by atoms with Crippen LogP contribution in [0.4, 0.5) is 10.1 Å². The van der Waals surface area contributed by atoms with E-state index in [2.05, 4.69) is 10.6 Å². The first-order valence-corrected chi connectivity index (χ1v) is 7.73. The Morgan fingerprint density at radius 3 is 2.25 bits per heavy atom. The van der Waals surface area contributed by atoms with Crippen LogP contribution in [-0.2, 0) is 9.59 Å². The van der Waals surface area contributed by atoms with Crippen molar-refractivity contribution in [3.05, 3.63) is 64.5 Å². The number of carbonyl (C=O) groups is 2. The van der Waals surface area contributed by atoms with Gasteiger partial charge < -0.3 is 10.6 Å². The van der Waals surface area contributed by atoms with Crippen molar-refractivity contribution in [2.75, 3.05) is 5.32 Å². The molecule has 0 saturated carbocycles. The minimum atomic E-state index is -0.895. The molecule has 0 heterocycles. The van der Waals surface area contributed by atoms with Gasteiger partial charge in [-0.3, -0.25) is 9.59 Å². The van der Waals surface area contributed by atoms with Crippen molar-refractivity contribution >= 4 is 17.5 Å². The van der Waals surface area contributed by atoms with E-state index in [0.717, 1.165) is 16.7 Å². The van der Waals surface area contributed by atoms with Crippen molar-refractivity contribution < 1.29 is 14.0 Å². The van der Waals surface area contributed by atoms with Crippen LogP contribution >= 0.6 is 0 Å². The van der Waals surface area contributed by atoms with Gasteiger partial charge in [-0.05, 0) is 62.1 Å². The molecule has 0 bridgehead atoms. The summed E-state index contributed by atoms with van der Waals surface area (Å²) in [6, 6.07) is 9.43. The Balaban J connectivity index is 2.07. The summed E-state index contributed by atoms with van der Waals surface area (Å²) in [6.07, 6.45) is 0. The molecular formula is C19H21FN2O2. The summed E-state index contributed by atoms with van der Waals surface area (Å²) in [5.74, 6) is -2.28. The Morgan fingerprint density at radius 2 is 1.58 bits per heavy atom. The summed E-state index contributed by atoms with van der Waals surface area (Å²) in [7, 11) is 0. The first kappa shape index (κ1) is 17.7. The van der Waals surface area contributed by atoms with Crippen LogP contribution in [0.15, 0.2) is 36.4 Å². The third kappa shape index (κ3) is 3.98. The average molecular weight is 328 g/mol. The van der Waals surface area contributed by atoms with Gasteiger partial charge in [0.05, 0.1) is 11.7 Å². The van der Waals surface area contributed by atoms with Crippen LogP contribution in [0.2, 0.25) is 0 Å². The van der Waals surface area contributed by atoms with E-state index in [1.807, 2.05) is 39.8 Å². The summed E-state index contributed by atoms with van der Waals surface area (Å²) < 4.78 is 13.5. The number of hydrogen-bond donors (Lipinski definition) is 2. The van der Waals surface area contributed by atoms with Gasteiger partial charge in [0.25, 0.3) is 0 Å². The molecule has 2 rings (SSSR count). The number of aryl methyl sites for hydroxylation is 3. The number of halogens is 1. The predicted molar refractivity (Wildman–Crippen MR) is 92.2 cm³/mol. The van der Waals surface area contributed by atoms with E-state index in [4.69, 9.17) is 0 Å². The number of amides is 2. The highest BCUT2D eigenvalue weighted by atomic mass is 19.1. The summed E-state index contributed by atoms with van der Waals surface area (Å²) in [5, 5.41) is 4.93. The van der Waals surface area contributed by atoms with Crippen LogP contribution in [0.25, 0.3) is 0 Å². The van der Waals surface area contributed by atoms with Gasteiger partial charge in [0, 0.05) is 0 Å². The maximum absolute atomic E-state index is 13.5. The molecule has 2 aromatic carbocycles. The number of para-hydroxylation sites is 1. The molecule has 0 spiro atoms. The highest BCUT2D eigenvalue weighted by Crippen LogP contribution is 2.21. The zero-order valence-corrected chi connectivity index (χ0v) is 14.2. The summed E-state index contributed by atoms with van der Waals surface area (Å²) in [6.45, 7) is 7.80. The van der Waals surface area contributed by atoms with Gasteiger partial charge in [0.2, 0.25) is 0 Å². The summed E-state index contributed by atoms with van der Waals surface area (Å²) >= 11 is 0. The van der Waals surface area contributed by atoms with E-state index in [1.165, 1.54) is 23.8 Å². The Kier molecular flexibility index (Phi) is 5.34. The standard InChI is InChI=1S/C19H21FN2O2/c1-11-9-13(3)15(10-12(11)2)14(4)21-18(23)19(24)22-17-8-6-5-7-16(17)20/h5-10,14H,1-4H3,(H,21,23)(H,22,24)/t14-/m0/s1. The zero-order chi connectivity index (χ0) is 17.9. The Labute approximate surface area is 141 Å². The molecule has 1 atom stereocenters. The Hall–Kier alpha value is -2.69. The molecule has 0 radical (unpaired) electrons. The van der Waals surface area contributed by atoms with Crippen LogP contribution in [0.3, 0.4) is 0 Å². The lowest BCUT2D eigenvalue weighted by molar-refractivity contribution is -0.136. The second kappa shape index (κ2) is 7.25. The molecule has 0 aliphatic rings. The van der Waals surface area contributed by atoms with Gasteiger partial charge in [0.1, 0.15) is 5.82 Å². The van der Waals surface area contributed by atoms with Gasteiger partial charge in [-0.25, -0.2) is 4.39 Å². The third-order valence-electron chi connectivity index (χ3n) is 4.02. The molecule has 0 aliphatic heterocycles. The normalized spacial score (nSPS) is 11.7. The second-order valence-electron chi connectivity index (χ2n) is 5.92. The number of nitrogens with one attached hydrogen (secondary N) is 2. The van der Waals surface area contributed by atoms with Crippen LogP contribution < -0.4 is 10.6 Å². The molecule has 4 nitrogen and oxygen atoms in total. The van der Waals surface area contributed by atoms with Crippen LogP contribution in [0.5, 0.6) is 0 Å². The first-order valence-electron chi connectivity index (χ1n) is 7.73. The van der Waals surface area contributed by atoms with E-state index >= 15 is 0 Å². The number of hydrogen-bond acceptors (Lipinski definition) is 2. The minimum absolute atomic E-state index is 0.0207. The maximum Gasteiger partial charge on any atom is 0.313 e. The average Bonchev–Trinajstić information content (AvgIpc) is 2.52. The van der Waals surface area contributed by atoms with E-state index in [-0.39, 0.29) is 11.7 Å². The van der Waals surface area contributed by atoms with E-state index in [9.17, 15) is 14.0 Å². The molecular weight excluding hydrogens is 307 g/mol. The van der Waals surface area contributed by atoms with Crippen molar-refractivity contribution in [1.82, 2.24) is 5.32 Å². The number of carbonyl (C=O) groups excluding carboxylic acids is 2. The SMILES string of the molecule is Cc1cc(C)c([C@H](C)NC(=O)C(=O)Nc2ccccc2F)cc1C. The quantitative estimate of drug-likeness (QED) is 0.846. The van der Waals surface area contributed by atoms with Crippen molar-refractivity contribution in [3.8, 4) is 0 Å². The number of benzene rings is 2. The summed E-state index contributed by atoms with van der Waals surface area (Å²) in [5.41, 5.74) is 4.26. The van der Waals surface area contributed by atoms with Crippen LogP contribution in [0.1, 0.15) is 35.2 Å². The first-order chi connectivity index (χ1) is 11.3. The summed E-state index contributed by atoms with van der Waals surface area (Å²) in [4.78, 5) is 24.0. The Morgan fingerprint density at radius 1 is 0.958 bits per heavy atom. The highest BCUT2D eigenvalue weighted by molar-refractivity contribution is 6.39. The largest absolute Gasteiger partial charge is 0.341 e. The second-order valence-corrected chi connectivity index (χ2v) is 5.92. The third-order valence-corrected chi connectivity index (χ3v) is 4.02. The molecule has 0 aromatic heterocycles. The molecule has 24 heavy (non-hydrogen) atoms. The van der Waals surface area contributed by atoms with E-state index in [0.29, 0.717) is 0 Å². The van der Waals surface area contributed by atoms with Crippen LogP contribution in [-0.4, -0.2) is 11.8 Å². The molecule has 2 aromatic rings. The van der Waals surface area contributed by atoms with Gasteiger partial charge >= 0.3 is 11.8 Å². The van der Waals surface area contributed by atoms with Crippen molar-refractivity contribution in [2.45, 2.75) is 33.7 Å².